The average molecular weight is 605 g/mol. The molecule has 5 atom stereocenters. The van der Waals surface area contributed by atoms with Crippen LogP contribution in [0.3, 0.4) is 0 Å². The lowest BCUT2D eigenvalue weighted by Crippen LogP contribution is -2.64. The summed E-state index contributed by atoms with van der Waals surface area (Å²) in [5.41, 5.74) is -0.404. The Morgan fingerprint density at radius 2 is 1.59 bits per heavy atom. The highest BCUT2D eigenvalue weighted by molar-refractivity contribution is 6.18. The Morgan fingerprint density at radius 1 is 1.00 bits per heavy atom. The van der Waals surface area contributed by atoms with Crippen LogP contribution in [0.1, 0.15) is 33.3 Å². The maximum absolute atomic E-state index is 12.6. The van der Waals surface area contributed by atoms with E-state index in [4.69, 9.17) is 44.8 Å². The summed E-state index contributed by atoms with van der Waals surface area (Å²) >= 11 is 5.67. The molecule has 0 aliphatic carbocycles. The van der Waals surface area contributed by atoms with Crippen molar-refractivity contribution in [3.05, 3.63) is 33.9 Å². The van der Waals surface area contributed by atoms with Crippen molar-refractivity contribution in [3.63, 3.8) is 0 Å². The standard InChI is InChI=1S/C24H29ClN2O14/c1-6-26(11-25)24(32)36-10-15-7-8-17(16(9-15)27(33)34)40-23-21(39-14(4)30)19(38-13(3)29)18(37-12(2)28)20(41-23)22(31)35-5/h7-9,18-21,23H,6,10-11H2,1-5H3/t18-,19?,20?,21?,23+/m0/s1. The Bertz CT molecular complexity index is 1160. The molecule has 41 heavy (non-hydrogen) atoms. The lowest BCUT2D eigenvalue weighted by Gasteiger charge is -2.42. The summed E-state index contributed by atoms with van der Waals surface area (Å²) in [7, 11) is 1.01. The molecule has 1 aliphatic heterocycles. The number of benzene rings is 1. The third-order valence-corrected chi connectivity index (χ3v) is 5.73. The van der Waals surface area contributed by atoms with Crippen LogP contribution in [-0.2, 0) is 54.2 Å². The predicted octanol–water partition coefficient (Wildman–Crippen LogP) is 1.82. The van der Waals surface area contributed by atoms with Gasteiger partial charge in [0, 0.05) is 33.4 Å². The van der Waals surface area contributed by atoms with Gasteiger partial charge in [0.15, 0.2) is 24.1 Å². The first-order valence-electron chi connectivity index (χ1n) is 12.0. The van der Waals surface area contributed by atoms with Crippen molar-refractivity contribution >= 4 is 47.3 Å². The second-order valence-corrected chi connectivity index (χ2v) is 8.62. The molecule has 0 spiro atoms. The zero-order valence-corrected chi connectivity index (χ0v) is 23.5. The van der Waals surface area contributed by atoms with Crippen LogP contribution in [0.15, 0.2) is 18.2 Å². The van der Waals surface area contributed by atoms with Gasteiger partial charge in [-0.1, -0.05) is 6.07 Å². The number of esters is 4. The summed E-state index contributed by atoms with van der Waals surface area (Å²) in [5, 5.41) is 11.9. The van der Waals surface area contributed by atoms with Crippen molar-refractivity contribution in [2.45, 2.75) is 65.0 Å². The van der Waals surface area contributed by atoms with Crippen LogP contribution in [0, 0.1) is 10.1 Å². The van der Waals surface area contributed by atoms with Crippen molar-refractivity contribution in [2.24, 2.45) is 0 Å². The Hall–Kier alpha value is -4.18. The molecular formula is C24H29ClN2O14. The van der Waals surface area contributed by atoms with Gasteiger partial charge in [0.2, 0.25) is 12.4 Å². The molecule has 0 saturated carbocycles. The molecule has 1 aliphatic rings. The number of nitro groups is 1. The van der Waals surface area contributed by atoms with E-state index in [1.54, 1.807) is 6.92 Å². The fraction of sp³-hybridized carbons (Fsp3) is 0.542. The molecule has 1 aromatic carbocycles. The SMILES string of the molecule is CCN(CCl)C(=O)OCc1ccc(O[C@@H]2OC(C(=O)OC)[C@@H](OC(C)=O)C(OC(C)=O)C2OC(C)=O)c([N+](=O)[O-])c1. The van der Waals surface area contributed by atoms with E-state index in [9.17, 15) is 34.1 Å². The van der Waals surface area contributed by atoms with Gasteiger partial charge in [-0.05, 0) is 18.6 Å². The van der Waals surface area contributed by atoms with Gasteiger partial charge in [-0.2, -0.15) is 0 Å². The van der Waals surface area contributed by atoms with E-state index in [1.165, 1.54) is 11.0 Å². The molecule has 3 unspecified atom stereocenters. The van der Waals surface area contributed by atoms with Crippen LogP contribution in [0.4, 0.5) is 10.5 Å². The number of carbonyl (C=O) groups is 5. The Morgan fingerprint density at radius 3 is 2.10 bits per heavy atom. The van der Waals surface area contributed by atoms with E-state index in [1.807, 2.05) is 0 Å². The number of carbonyl (C=O) groups excluding carboxylic acids is 5. The number of rotatable bonds is 11. The maximum Gasteiger partial charge on any atom is 0.411 e. The van der Waals surface area contributed by atoms with Crippen molar-refractivity contribution < 1.29 is 62.1 Å². The number of ether oxygens (including phenoxy) is 7. The van der Waals surface area contributed by atoms with Crippen LogP contribution in [0.25, 0.3) is 0 Å². The number of halogens is 1. The molecular weight excluding hydrogens is 576 g/mol. The highest BCUT2D eigenvalue weighted by Crippen LogP contribution is 2.35. The quantitative estimate of drug-likeness (QED) is 0.0885. The fourth-order valence-corrected chi connectivity index (χ4v) is 3.96. The van der Waals surface area contributed by atoms with Crippen molar-refractivity contribution in [2.75, 3.05) is 19.7 Å². The smallest absolute Gasteiger partial charge is 0.411 e. The van der Waals surface area contributed by atoms with Crippen LogP contribution in [0.5, 0.6) is 5.75 Å². The molecule has 1 aromatic rings. The zero-order valence-electron chi connectivity index (χ0n) is 22.7. The molecule has 0 N–H and O–H groups in total. The summed E-state index contributed by atoms with van der Waals surface area (Å²) < 4.78 is 36.8. The molecule has 17 heteroatoms. The molecule has 0 radical (unpaired) electrons. The van der Waals surface area contributed by atoms with E-state index in [0.29, 0.717) is 0 Å². The number of hydrogen-bond donors (Lipinski definition) is 0. The van der Waals surface area contributed by atoms with Gasteiger partial charge in [0.1, 0.15) is 6.61 Å². The third-order valence-electron chi connectivity index (χ3n) is 5.44. The highest BCUT2D eigenvalue weighted by Gasteiger charge is 2.56. The molecule has 16 nitrogen and oxygen atoms in total. The molecule has 1 saturated heterocycles. The van der Waals surface area contributed by atoms with Crippen LogP contribution in [-0.4, -0.2) is 90.2 Å². The predicted molar refractivity (Wildman–Crippen MR) is 134 cm³/mol. The van der Waals surface area contributed by atoms with Gasteiger partial charge in [-0.15, -0.1) is 11.6 Å². The number of nitrogens with zero attached hydrogens (tertiary/aromatic N) is 2. The van der Waals surface area contributed by atoms with Crippen molar-refractivity contribution in [1.29, 1.82) is 0 Å². The number of methoxy groups -OCH3 is 1. The molecule has 1 amide bonds. The van der Waals surface area contributed by atoms with Gasteiger partial charge in [0.25, 0.3) is 0 Å². The third kappa shape index (κ3) is 8.91. The Balaban J connectivity index is 2.48. The van der Waals surface area contributed by atoms with Gasteiger partial charge < -0.3 is 33.2 Å². The molecule has 2 rings (SSSR count). The first-order chi connectivity index (χ1) is 19.3. The number of hydrogen-bond acceptors (Lipinski definition) is 14. The molecule has 226 valence electrons. The fourth-order valence-electron chi connectivity index (χ4n) is 3.69. The van der Waals surface area contributed by atoms with Gasteiger partial charge in [-0.3, -0.25) is 29.4 Å². The zero-order chi connectivity index (χ0) is 30.9. The van der Waals surface area contributed by atoms with Crippen LogP contribution < -0.4 is 4.74 Å². The first-order valence-corrected chi connectivity index (χ1v) is 12.5. The monoisotopic (exact) mass is 604 g/mol. The lowest BCUT2D eigenvalue weighted by atomic mass is 9.97. The summed E-state index contributed by atoms with van der Waals surface area (Å²) in [6.07, 6.45) is -9.26. The summed E-state index contributed by atoms with van der Waals surface area (Å²) in [5.74, 6) is -4.21. The molecule has 0 bridgehead atoms. The van der Waals surface area contributed by atoms with Crippen molar-refractivity contribution in [1.82, 2.24) is 4.90 Å². The second-order valence-electron chi connectivity index (χ2n) is 8.38. The Kier molecular flexibility index (Phi) is 12.1. The number of nitro benzene ring substituents is 1. The minimum atomic E-state index is -1.80. The minimum absolute atomic E-state index is 0.119. The van der Waals surface area contributed by atoms with Crippen LogP contribution >= 0.6 is 11.6 Å². The molecule has 1 heterocycles. The summed E-state index contributed by atoms with van der Waals surface area (Å²) in [4.78, 5) is 72.5. The van der Waals surface area contributed by atoms with Crippen molar-refractivity contribution in [3.8, 4) is 5.75 Å². The summed E-state index contributed by atoms with van der Waals surface area (Å²) in [6, 6.07) is 3.44. The van der Waals surface area contributed by atoms with E-state index < -0.39 is 77.0 Å². The largest absolute Gasteiger partial charge is 0.467 e. The minimum Gasteiger partial charge on any atom is -0.467 e. The van der Waals surface area contributed by atoms with E-state index >= 15 is 0 Å². The van der Waals surface area contributed by atoms with E-state index in [2.05, 4.69) is 0 Å². The van der Waals surface area contributed by atoms with E-state index in [-0.39, 0.29) is 24.7 Å². The first kappa shape index (κ1) is 33.0. The van der Waals surface area contributed by atoms with Crippen LogP contribution in [0.2, 0.25) is 0 Å². The lowest BCUT2D eigenvalue weighted by molar-refractivity contribution is -0.387. The summed E-state index contributed by atoms with van der Waals surface area (Å²) in [6.45, 7) is 4.66. The Labute approximate surface area is 238 Å². The normalized spacial score (nSPS) is 21.6. The number of amides is 1. The topological polar surface area (TPSA) is 196 Å². The van der Waals surface area contributed by atoms with E-state index in [0.717, 1.165) is 40.0 Å². The average Bonchev–Trinajstić information content (AvgIpc) is 2.90. The molecule has 1 fully saturated rings. The second kappa shape index (κ2) is 15.0. The molecule has 0 aromatic heterocycles. The number of alkyl halides is 1. The van der Waals surface area contributed by atoms with Gasteiger partial charge in [-0.25, -0.2) is 9.59 Å². The van der Waals surface area contributed by atoms with Gasteiger partial charge >= 0.3 is 35.7 Å². The van der Waals surface area contributed by atoms with Gasteiger partial charge in [0.05, 0.1) is 18.0 Å². The maximum atomic E-state index is 12.6. The highest BCUT2D eigenvalue weighted by atomic mass is 35.5.